The van der Waals surface area contributed by atoms with Gasteiger partial charge in [-0.25, -0.2) is 4.79 Å². The highest BCUT2D eigenvalue weighted by atomic mass is 32.2. The maximum Gasteiger partial charge on any atom is 0.327 e. The van der Waals surface area contributed by atoms with Crippen LogP contribution in [0.5, 0.6) is 0 Å². The highest BCUT2D eigenvalue weighted by molar-refractivity contribution is 7.99. The van der Waals surface area contributed by atoms with Gasteiger partial charge in [-0.05, 0) is 31.4 Å². The summed E-state index contributed by atoms with van der Waals surface area (Å²) in [5.74, 6) is -0.0457. The average molecular weight is 307 g/mol. The number of carbonyl (C=O) groups is 2. The summed E-state index contributed by atoms with van der Waals surface area (Å²) in [6, 6.07) is 2.77. The van der Waals surface area contributed by atoms with E-state index in [1.807, 2.05) is 0 Å². The number of amides is 1. The van der Waals surface area contributed by atoms with Crippen LogP contribution in [0.25, 0.3) is 0 Å². The quantitative estimate of drug-likeness (QED) is 0.866. The van der Waals surface area contributed by atoms with Crippen molar-refractivity contribution in [2.75, 3.05) is 5.75 Å². The largest absolute Gasteiger partial charge is 0.480 e. The van der Waals surface area contributed by atoms with Crippen LogP contribution < -0.4 is 0 Å². The number of carboxylic acids is 1. The Kier molecular flexibility index (Phi) is 4.05. The molecule has 6 heteroatoms. The summed E-state index contributed by atoms with van der Waals surface area (Å²) in [4.78, 5) is 25.5. The van der Waals surface area contributed by atoms with Crippen LogP contribution >= 0.6 is 11.8 Å². The van der Waals surface area contributed by atoms with Gasteiger partial charge in [0.05, 0.1) is 6.26 Å². The number of hydrogen-bond donors (Lipinski definition) is 1. The van der Waals surface area contributed by atoms with E-state index in [4.69, 9.17) is 4.42 Å². The molecular formula is C15H17NO4S. The Morgan fingerprint density at radius 2 is 2.33 bits per heavy atom. The first-order valence-electron chi connectivity index (χ1n) is 7.03. The van der Waals surface area contributed by atoms with Crippen LogP contribution in [-0.2, 0) is 9.59 Å². The minimum Gasteiger partial charge on any atom is -0.480 e. The van der Waals surface area contributed by atoms with Gasteiger partial charge in [0.2, 0.25) is 5.91 Å². The van der Waals surface area contributed by atoms with Gasteiger partial charge in [-0.3, -0.25) is 4.79 Å². The maximum absolute atomic E-state index is 12.6. The van der Waals surface area contributed by atoms with Gasteiger partial charge in [-0.2, -0.15) is 0 Å². The van der Waals surface area contributed by atoms with Crippen molar-refractivity contribution in [2.24, 2.45) is 0 Å². The van der Waals surface area contributed by atoms with E-state index in [0.29, 0.717) is 17.9 Å². The number of allylic oxidation sites excluding steroid dienone is 1. The second kappa shape index (κ2) is 5.97. The number of thioether (sulfide) groups is 1. The van der Waals surface area contributed by atoms with E-state index in [-0.39, 0.29) is 11.3 Å². The van der Waals surface area contributed by atoms with Crippen molar-refractivity contribution in [3.8, 4) is 0 Å². The average Bonchev–Trinajstić information content (AvgIpc) is 3.19. The van der Waals surface area contributed by atoms with Crippen LogP contribution in [0.3, 0.4) is 0 Å². The SMILES string of the molecule is O=C(O)C1CSC(c2ccco2)N1C(=O)CC1=CCCC1. The third-order valence-corrected chi connectivity index (χ3v) is 5.16. The summed E-state index contributed by atoms with van der Waals surface area (Å²) >= 11 is 1.44. The molecule has 0 radical (unpaired) electrons. The highest BCUT2D eigenvalue weighted by Crippen LogP contribution is 2.42. The predicted octanol–water partition coefficient (Wildman–Crippen LogP) is 2.81. The van der Waals surface area contributed by atoms with Crippen LogP contribution in [0.15, 0.2) is 34.5 Å². The van der Waals surface area contributed by atoms with Gasteiger partial charge in [0.15, 0.2) is 0 Å². The van der Waals surface area contributed by atoms with E-state index in [0.717, 1.165) is 24.8 Å². The van der Waals surface area contributed by atoms with Gasteiger partial charge in [-0.1, -0.05) is 11.6 Å². The molecule has 1 saturated heterocycles. The first-order chi connectivity index (χ1) is 10.2. The second-order valence-electron chi connectivity index (χ2n) is 5.29. The fraction of sp³-hybridized carbons (Fsp3) is 0.467. The van der Waals surface area contributed by atoms with Crippen LogP contribution in [0.1, 0.15) is 36.8 Å². The van der Waals surface area contributed by atoms with Gasteiger partial charge < -0.3 is 14.4 Å². The van der Waals surface area contributed by atoms with Crippen molar-refractivity contribution in [1.29, 1.82) is 0 Å². The van der Waals surface area contributed by atoms with Gasteiger partial charge in [0.1, 0.15) is 17.2 Å². The van der Waals surface area contributed by atoms with Crippen LogP contribution in [-0.4, -0.2) is 33.7 Å². The maximum atomic E-state index is 12.6. The molecule has 3 rings (SSSR count). The molecule has 1 aliphatic carbocycles. The van der Waals surface area contributed by atoms with E-state index >= 15 is 0 Å². The smallest absolute Gasteiger partial charge is 0.327 e. The molecule has 1 aromatic heterocycles. The Hall–Kier alpha value is -1.69. The Labute approximate surface area is 127 Å². The zero-order valence-electron chi connectivity index (χ0n) is 11.5. The molecule has 2 aliphatic rings. The zero-order valence-corrected chi connectivity index (χ0v) is 12.3. The molecule has 5 nitrogen and oxygen atoms in total. The summed E-state index contributed by atoms with van der Waals surface area (Å²) in [6.45, 7) is 0. The molecular weight excluding hydrogens is 290 g/mol. The van der Waals surface area contributed by atoms with E-state index in [2.05, 4.69) is 6.08 Å². The number of carboxylic acid groups (broad SMARTS) is 1. The van der Waals surface area contributed by atoms with Gasteiger partial charge in [-0.15, -0.1) is 11.8 Å². The van der Waals surface area contributed by atoms with E-state index in [9.17, 15) is 14.7 Å². The lowest BCUT2D eigenvalue weighted by molar-refractivity contribution is -0.149. The Morgan fingerprint density at radius 1 is 1.48 bits per heavy atom. The van der Waals surface area contributed by atoms with Crippen molar-refractivity contribution < 1.29 is 19.1 Å². The molecule has 0 spiro atoms. The molecule has 112 valence electrons. The Bertz CT molecular complexity index is 566. The first kappa shape index (κ1) is 14.3. The number of rotatable bonds is 4. The third kappa shape index (κ3) is 2.85. The molecule has 21 heavy (non-hydrogen) atoms. The summed E-state index contributed by atoms with van der Waals surface area (Å²) in [5.41, 5.74) is 1.12. The van der Waals surface area contributed by atoms with E-state index in [1.165, 1.54) is 16.7 Å². The van der Waals surface area contributed by atoms with Crippen LogP contribution in [0.2, 0.25) is 0 Å². The van der Waals surface area contributed by atoms with Gasteiger partial charge >= 0.3 is 5.97 Å². The first-order valence-corrected chi connectivity index (χ1v) is 8.08. The fourth-order valence-corrected chi connectivity index (χ4v) is 4.23. The summed E-state index contributed by atoms with van der Waals surface area (Å²) < 4.78 is 5.37. The molecule has 1 N–H and O–H groups in total. The number of hydrogen-bond acceptors (Lipinski definition) is 4. The molecule has 0 aromatic carbocycles. The van der Waals surface area contributed by atoms with E-state index < -0.39 is 12.0 Å². The standard InChI is InChI=1S/C15H17NO4S/c17-13(8-10-4-1-2-5-10)16-11(15(18)19)9-21-14(16)12-6-3-7-20-12/h3-4,6-7,11,14H,1-2,5,8-9H2,(H,18,19). The number of nitrogens with zero attached hydrogens (tertiary/aromatic N) is 1. The molecule has 0 saturated carbocycles. The summed E-state index contributed by atoms with van der Waals surface area (Å²) in [7, 11) is 0. The Morgan fingerprint density at radius 3 is 2.95 bits per heavy atom. The Balaban J connectivity index is 1.81. The fourth-order valence-electron chi connectivity index (χ4n) is 2.84. The molecule has 0 bridgehead atoms. The third-order valence-electron chi connectivity index (χ3n) is 3.87. The lowest BCUT2D eigenvalue weighted by atomic mass is 10.1. The van der Waals surface area contributed by atoms with Crippen molar-refractivity contribution >= 4 is 23.6 Å². The number of carbonyl (C=O) groups excluding carboxylic acids is 1. The summed E-state index contributed by atoms with van der Waals surface area (Å²) in [5, 5.41) is 9.02. The van der Waals surface area contributed by atoms with E-state index in [1.54, 1.807) is 18.4 Å². The van der Waals surface area contributed by atoms with Crippen molar-refractivity contribution in [3.05, 3.63) is 35.8 Å². The normalized spacial score (nSPS) is 25.1. The molecule has 2 atom stereocenters. The number of aliphatic carboxylic acids is 1. The van der Waals surface area contributed by atoms with Gasteiger partial charge in [0, 0.05) is 12.2 Å². The lowest BCUT2D eigenvalue weighted by Gasteiger charge is -2.26. The monoisotopic (exact) mass is 307 g/mol. The predicted molar refractivity (Wildman–Crippen MR) is 78.7 cm³/mol. The van der Waals surface area contributed by atoms with Crippen molar-refractivity contribution in [3.63, 3.8) is 0 Å². The second-order valence-corrected chi connectivity index (χ2v) is 6.40. The molecule has 1 fully saturated rings. The molecule has 1 aliphatic heterocycles. The molecule has 2 heterocycles. The molecule has 2 unspecified atom stereocenters. The number of furan rings is 1. The van der Waals surface area contributed by atoms with Crippen molar-refractivity contribution in [2.45, 2.75) is 37.1 Å². The minimum absolute atomic E-state index is 0.123. The topological polar surface area (TPSA) is 70.8 Å². The molecule has 1 aromatic rings. The summed E-state index contributed by atoms with van der Waals surface area (Å²) in [6.07, 6.45) is 7.00. The van der Waals surface area contributed by atoms with Gasteiger partial charge in [0.25, 0.3) is 0 Å². The lowest BCUT2D eigenvalue weighted by Crippen LogP contribution is -2.42. The minimum atomic E-state index is -0.953. The van der Waals surface area contributed by atoms with Crippen molar-refractivity contribution in [1.82, 2.24) is 4.90 Å². The van der Waals surface area contributed by atoms with Crippen LogP contribution in [0.4, 0.5) is 0 Å². The zero-order chi connectivity index (χ0) is 14.8. The highest BCUT2D eigenvalue weighted by Gasteiger charge is 2.43. The van der Waals surface area contributed by atoms with Crippen LogP contribution in [0, 0.1) is 0 Å². The molecule has 1 amide bonds.